The van der Waals surface area contributed by atoms with Gasteiger partial charge in [-0.15, -0.1) is 0 Å². The van der Waals surface area contributed by atoms with Gasteiger partial charge in [0, 0.05) is 30.4 Å². The molecule has 2 aromatic rings. The number of hydrogen-bond donors (Lipinski definition) is 3. The summed E-state index contributed by atoms with van der Waals surface area (Å²) in [6.07, 6.45) is 1.63. The van der Waals surface area contributed by atoms with E-state index in [1.165, 1.54) is 19.1 Å². The number of aromatic amines is 1. The van der Waals surface area contributed by atoms with E-state index >= 15 is 0 Å². The number of amides is 1. The number of halogens is 2. The topological polar surface area (TPSA) is 82.2 Å². The first-order chi connectivity index (χ1) is 9.38. The van der Waals surface area contributed by atoms with Crippen LogP contribution in [0.5, 0.6) is 0 Å². The molecule has 0 bridgehead atoms. The van der Waals surface area contributed by atoms with Gasteiger partial charge < -0.3 is 15.4 Å². The number of carboxylic acids is 1. The number of benzene rings is 1. The van der Waals surface area contributed by atoms with Crippen molar-refractivity contribution in [2.24, 2.45) is 0 Å². The molecule has 106 valence electrons. The van der Waals surface area contributed by atoms with Crippen LogP contribution in [0.2, 0.25) is 5.02 Å². The Hall–Kier alpha value is -2.08. The molecule has 0 aliphatic carbocycles. The van der Waals surface area contributed by atoms with Crippen LogP contribution in [0.4, 0.5) is 4.39 Å². The van der Waals surface area contributed by atoms with Crippen LogP contribution in [0, 0.1) is 5.82 Å². The Morgan fingerprint density at radius 3 is 2.80 bits per heavy atom. The van der Waals surface area contributed by atoms with E-state index in [1.54, 1.807) is 6.20 Å². The van der Waals surface area contributed by atoms with E-state index in [-0.39, 0.29) is 11.4 Å². The Bertz CT molecular complexity index is 684. The Morgan fingerprint density at radius 2 is 2.20 bits per heavy atom. The largest absolute Gasteiger partial charge is 0.480 e. The molecular formula is C13H12ClFN2O3. The molecule has 0 spiro atoms. The summed E-state index contributed by atoms with van der Waals surface area (Å²) in [5, 5.41) is 11.9. The number of carbonyl (C=O) groups excluding carboxylic acids is 1. The van der Waals surface area contributed by atoms with Gasteiger partial charge in [0.15, 0.2) is 0 Å². The maximum absolute atomic E-state index is 13.5. The van der Waals surface area contributed by atoms with Crippen molar-refractivity contribution in [2.45, 2.75) is 19.4 Å². The van der Waals surface area contributed by atoms with Crippen molar-refractivity contribution in [1.82, 2.24) is 10.3 Å². The number of carboxylic acid groups (broad SMARTS) is 1. The van der Waals surface area contributed by atoms with E-state index in [1.807, 2.05) is 0 Å². The summed E-state index contributed by atoms with van der Waals surface area (Å²) in [5.41, 5.74) is 1.20. The molecule has 0 unspecified atom stereocenters. The number of H-pyrrole nitrogens is 1. The Morgan fingerprint density at radius 1 is 1.50 bits per heavy atom. The molecule has 3 N–H and O–H groups in total. The molecule has 0 saturated heterocycles. The minimum Gasteiger partial charge on any atom is -0.480 e. The zero-order valence-corrected chi connectivity index (χ0v) is 11.3. The average molecular weight is 299 g/mol. The van der Waals surface area contributed by atoms with Gasteiger partial charge in [0.1, 0.15) is 11.9 Å². The summed E-state index contributed by atoms with van der Waals surface area (Å²) < 4.78 is 13.5. The van der Waals surface area contributed by atoms with Gasteiger partial charge in [-0.3, -0.25) is 4.79 Å². The van der Waals surface area contributed by atoms with Crippen molar-refractivity contribution in [3.63, 3.8) is 0 Å². The zero-order valence-electron chi connectivity index (χ0n) is 10.5. The van der Waals surface area contributed by atoms with Gasteiger partial charge in [-0.05, 0) is 17.7 Å². The Balaban J connectivity index is 2.35. The van der Waals surface area contributed by atoms with Crippen molar-refractivity contribution < 1.29 is 19.1 Å². The first kappa shape index (κ1) is 14.3. The highest BCUT2D eigenvalue weighted by molar-refractivity contribution is 6.31. The summed E-state index contributed by atoms with van der Waals surface area (Å²) in [6, 6.07) is 1.62. The first-order valence-electron chi connectivity index (χ1n) is 5.83. The average Bonchev–Trinajstić information content (AvgIpc) is 2.71. The van der Waals surface area contributed by atoms with E-state index in [4.69, 9.17) is 16.7 Å². The summed E-state index contributed by atoms with van der Waals surface area (Å²) in [6.45, 7) is 1.24. The van der Waals surface area contributed by atoms with Crippen LogP contribution in [0.25, 0.3) is 10.9 Å². The van der Waals surface area contributed by atoms with Crippen LogP contribution in [-0.2, 0) is 16.0 Å². The van der Waals surface area contributed by atoms with Gasteiger partial charge in [0.05, 0.1) is 5.02 Å². The van der Waals surface area contributed by atoms with Gasteiger partial charge in [-0.2, -0.15) is 0 Å². The smallest absolute Gasteiger partial charge is 0.326 e. The second kappa shape index (κ2) is 5.50. The summed E-state index contributed by atoms with van der Waals surface area (Å²) in [7, 11) is 0. The van der Waals surface area contributed by atoms with Gasteiger partial charge in [0.2, 0.25) is 5.91 Å². The predicted octanol–water partition coefficient (Wildman–Crippen LogP) is 2.09. The lowest BCUT2D eigenvalue weighted by atomic mass is 10.0. The Labute approximate surface area is 118 Å². The molecule has 1 aromatic heterocycles. The number of fused-ring (bicyclic) bond motifs is 1. The molecule has 7 heteroatoms. The zero-order chi connectivity index (χ0) is 14.9. The normalized spacial score (nSPS) is 12.3. The van der Waals surface area contributed by atoms with Crippen LogP contribution in [0.3, 0.4) is 0 Å². The van der Waals surface area contributed by atoms with Crippen LogP contribution >= 0.6 is 11.6 Å². The third-order valence-corrected chi connectivity index (χ3v) is 3.20. The van der Waals surface area contributed by atoms with Crippen LogP contribution in [0.1, 0.15) is 12.5 Å². The fraction of sp³-hybridized carbons (Fsp3) is 0.231. The summed E-state index contributed by atoms with van der Waals surface area (Å²) in [4.78, 5) is 25.0. The van der Waals surface area contributed by atoms with Crippen molar-refractivity contribution in [2.75, 3.05) is 0 Å². The second-order valence-corrected chi connectivity index (χ2v) is 4.83. The lowest BCUT2D eigenvalue weighted by Gasteiger charge is -2.12. The van der Waals surface area contributed by atoms with E-state index in [0.29, 0.717) is 16.5 Å². The van der Waals surface area contributed by atoms with Crippen LogP contribution in [0.15, 0.2) is 18.3 Å². The van der Waals surface area contributed by atoms with Gasteiger partial charge in [-0.25, -0.2) is 9.18 Å². The number of hydrogen-bond acceptors (Lipinski definition) is 2. The predicted molar refractivity (Wildman–Crippen MR) is 72.2 cm³/mol. The molecule has 1 aromatic carbocycles. The van der Waals surface area contributed by atoms with Crippen molar-refractivity contribution >= 4 is 34.4 Å². The molecule has 0 aliphatic heterocycles. The third-order valence-electron chi connectivity index (χ3n) is 2.91. The van der Waals surface area contributed by atoms with E-state index in [9.17, 15) is 14.0 Å². The first-order valence-corrected chi connectivity index (χ1v) is 6.21. The highest BCUT2D eigenvalue weighted by Gasteiger charge is 2.20. The molecule has 5 nitrogen and oxygen atoms in total. The minimum absolute atomic E-state index is 0.0115. The van der Waals surface area contributed by atoms with Crippen molar-refractivity contribution in [3.8, 4) is 0 Å². The van der Waals surface area contributed by atoms with E-state index < -0.39 is 23.7 Å². The SMILES string of the molecule is CC(=O)N[C@H](Cc1c[nH]c2cc(Cl)c(F)cc12)C(=O)O. The second-order valence-electron chi connectivity index (χ2n) is 4.42. The number of aliphatic carboxylic acids is 1. The molecule has 1 heterocycles. The molecular weight excluding hydrogens is 287 g/mol. The molecule has 0 saturated carbocycles. The highest BCUT2D eigenvalue weighted by atomic mass is 35.5. The molecule has 1 atom stereocenters. The Kier molecular flexibility index (Phi) is 3.94. The van der Waals surface area contributed by atoms with Gasteiger partial charge in [0.25, 0.3) is 0 Å². The summed E-state index contributed by atoms with van der Waals surface area (Å²) in [5.74, 6) is -2.16. The fourth-order valence-corrected chi connectivity index (χ4v) is 2.17. The van der Waals surface area contributed by atoms with Crippen molar-refractivity contribution in [3.05, 3.63) is 34.7 Å². The third kappa shape index (κ3) is 2.91. The maximum atomic E-state index is 13.5. The van der Waals surface area contributed by atoms with Crippen LogP contribution < -0.4 is 5.32 Å². The molecule has 0 fully saturated rings. The number of rotatable bonds is 4. The quantitative estimate of drug-likeness (QED) is 0.808. The monoisotopic (exact) mass is 298 g/mol. The minimum atomic E-state index is -1.15. The molecule has 20 heavy (non-hydrogen) atoms. The molecule has 2 rings (SSSR count). The van der Waals surface area contributed by atoms with Gasteiger partial charge >= 0.3 is 5.97 Å². The lowest BCUT2D eigenvalue weighted by molar-refractivity contribution is -0.141. The maximum Gasteiger partial charge on any atom is 0.326 e. The number of aromatic nitrogens is 1. The summed E-state index contributed by atoms with van der Waals surface area (Å²) >= 11 is 5.68. The van der Waals surface area contributed by atoms with Crippen LogP contribution in [-0.4, -0.2) is 28.0 Å². The number of nitrogens with one attached hydrogen (secondary N) is 2. The van der Waals surface area contributed by atoms with E-state index in [2.05, 4.69) is 10.3 Å². The molecule has 0 aliphatic rings. The lowest BCUT2D eigenvalue weighted by Crippen LogP contribution is -2.41. The highest BCUT2D eigenvalue weighted by Crippen LogP contribution is 2.25. The fourth-order valence-electron chi connectivity index (χ4n) is 2.01. The van der Waals surface area contributed by atoms with Crippen molar-refractivity contribution in [1.29, 1.82) is 0 Å². The number of carbonyl (C=O) groups is 2. The standard InChI is InChI=1S/C13H12ClFN2O3/c1-6(18)17-12(13(19)20)2-7-5-16-11-4-9(14)10(15)3-8(7)11/h3-5,12,16H,2H2,1H3,(H,17,18)(H,19,20)/t12-/m1/s1. The van der Waals surface area contributed by atoms with Gasteiger partial charge in [-0.1, -0.05) is 11.6 Å². The molecule has 1 amide bonds. The molecule has 0 radical (unpaired) electrons. The van der Waals surface area contributed by atoms with E-state index in [0.717, 1.165) is 0 Å².